The molecule has 0 spiro atoms. The van der Waals surface area contributed by atoms with Gasteiger partial charge in [-0.25, -0.2) is 14.5 Å². The molecule has 6 heteroatoms. The van der Waals surface area contributed by atoms with E-state index in [0.717, 1.165) is 31.7 Å². The standard InChI is InChI=1S/C18H23N3O3/c1-3-16-15(12-20-21(16)17-6-4-5-9-19-17)18(22)24-13(2)14-7-10-23-11-8-14/h4-6,9,12-14H,3,7-8,10-11H2,1-2H3/t13-/m0/s1. The molecule has 128 valence electrons. The van der Waals surface area contributed by atoms with E-state index in [2.05, 4.69) is 10.1 Å². The Morgan fingerprint density at radius 3 is 2.88 bits per heavy atom. The molecular weight excluding hydrogens is 306 g/mol. The lowest BCUT2D eigenvalue weighted by molar-refractivity contribution is -0.0119. The van der Waals surface area contributed by atoms with E-state index < -0.39 is 0 Å². The highest BCUT2D eigenvalue weighted by molar-refractivity contribution is 5.90. The Morgan fingerprint density at radius 2 is 2.21 bits per heavy atom. The normalized spacial score (nSPS) is 16.8. The van der Waals surface area contributed by atoms with Gasteiger partial charge in [-0.05, 0) is 38.3 Å². The summed E-state index contributed by atoms with van der Waals surface area (Å²) in [6.45, 7) is 5.44. The van der Waals surface area contributed by atoms with Crippen molar-refractivity contribution in [1.29, 1.82) is 0 Å². The summed E-state index contributed by atoms with van der Waals surface area (Å²) in [5, 5.41) is 4.33. The highest BCUT2D eigenvalue weighted by Crippen LogP contribution is 2.23. The molecule has 1 aliphatic rings. The molecule has 1 atom stereocenters. The predicted molar refractivity (Wildman–Crippen MR) is 89.2 cm³/mol. The summed E-state index contributed by atoms with van der Waals surface area (Å²) in [6.07, 6.45) is 5.70. The Labute approximate surface area is 141 Å². The fourth-order valence-corrected chi connectivity index (χ4v) is 3.07. The van der Waals surface area contributed by atoms with Crippen LogP contribution in [0.15, 0.2) is 30.6 Å². The third kappa shape index (κ3) is 3.48. The second-order valence-electron chi connectivity index (χ2n) is 6.02. The number of pyridine rings is 1. The van der Waals surface area contributed by atoms with Gasteiger partial charge in [-0.1, -0.05) is 13.0 Å². The van der Waals surface area contributed by atoms with Gasteiger partial charge >= 0.3 is 5.97 Å². The van der Waals surface area contributed by atoms with Crippen molar-refractivity contribution in [2.45, 2.75) is 39.2 Å². The molecule has 24 heavy (non-hydrogen) atoms. The SMILES string of the molecule is CCc1c(C(=O)O[C@@H](C)C2CCOCC2)cnn1-c1ccccn1. The van der Waals surface area contributed by atoms with Crippen LogP contribution in [0.3, 0.4) is 0 Å². The number of carbonyl (C=O) groups excluding carboxylic acids is 1. The number of hydrogen-bond acceptors (Lipinski definition) is 5. The summed E-state index contributed by atoms with van der Waals surface area (Å²) in [7, 11) is 0. The second kappa shape index (κ2) is 7.57. The average Bonchev–Trinajstić information content (AvgIpc) is 3.07. The first kappa shape index (κ1) is 16.6. The Hall–Kier alpha value is -2.21. The van der Waals surface area contributed by atoms with E-state index in [9.17, 15) is 4.79 Å². The zero-order valence-corrected chi connectivity index (χ0v) is 14.1. The Kier molecular flexibility index (Phi) is 5.25. The van der Waals surface area contributed by atoms with Gasteiger partial charge in [0.25, 0.3) is 0 Å². The summed E-state index contributed by atoms with van der Waals surface area (Å²) in [4.78, 5) is 16.9. The summed E-state index contributed by atoms with van der Waals surface area (Å²) in [6, 6.07) is 5.62. The van der Waals surface area contributed by atoms with Gasteiger partial charge in [-0.15, -0.1) is 0 Å². The summed E-state index contributed by atoms with van der Waals surface area (Å²) in [5.74, 6) is 0.748. The smallest absolute Gasteiger partial charge is 0.341 e. The molecule has 0 aromatic carbocycles. The maximum absolute atomic E-state index is 12.6. The molecule has 0 amide bonds. The number of ether oxygens (including phenoxy) is 2. The highest BCUT2D eigenvalue weighted by Gasteiger charge is 2.26. The lowest BCUT2D eigenvalue weighted by Gasteiger charge is -2.27. The maximum Gasteiger partial charge on any atom is 0.341 e. The van der Waals surface area contributed by atoms with Crippen LogP contribution in [0, 0.1) is 5.92 Å². The summed E-state index contributed by atoms with van der Waals surface area (Å²) < 4.78 is 12.8. The molecule has 0 bridgehead atoms. The Morgan fingerprint density at radius 1 is 1.42 bits per heavy atom. The fourth-order valence-electron chi connectivity index (χ4n) is 3.07. The van der Waals surface area contributed by atoms with Crippen LogP contribution >= 0.6 is 0 Å². The van der Waals surface area contributed by atoms with Gasteiger partial charge in [0.15, 0.2) is 5.82 Å². The van der Waals surface area contributed by atoms with Crippen molar-refractivity contribution in [2.24, 2.45) is 5.92 Å². The second-order valence-corrected chi connectivity index (χ2v) is 6.02. The van der Waals surface area contributed by atoms with Crippen LogP contribution in [-0.4, -0.2) is 40.1 Å². The first-order valence-electron chi connectivity index (χ1n) is 8.47. The zero-order valence-electron chi connectivity index (χ0n) is 14.1. The quantitative estimate of drug-likeness (QED) is 0.789. The molecule has 0 radical (unpaired) electrons. The highest BCUT2D eigenvalue weighted by atomic mass is 16.5. The van der Waals surface area contributed by atoms with Crippen molar-refractivity contribution in [3.05, 3.63) is 41.9 Å². The van der Waals surface area contributed by atoms with Crippen LogP contribution in [0.2, 0.25) is 0 Å². The molecule has 0 unspecified atom stereocenters. The zero-order chi connectivity index (χ0) is 16.9. The maximum atomic E-state index is 12.6. The number of aromatic nitrogens is 3. The van der Waals surface area contributed by atoms with Crippen LogP contribution in [-0.2, 0) is 15.9 Å². The summed E-state index contributed by atoms with van der Waals surface area (Å²) >= 11 is 0. The molecule has 3 rings (SSSR count). The van der Waals surface area contributed by atoms with E-state index >= 15 is 0 Å². The van der Waals surface area contributed by atoms with Crippen LogP contribution in [0.5, 0.6) is 0 Å². The Bertz CT molecular complexity index is 678. The first-order chi connectivity index (χ1) is 11.7. The molecule has 0 saturated carbocycles. The topological polar surface area (TPSA) is 66.2 Å². The van der Waals surface area contributed by atoms with E-state index in [1.165, 1.54) is 0 Å². The van der Waals surface area contributed by atoms with Crippen molar-refractivity contribution in [2.75, 3.05) is 13.2 Å². The van der Waals surface area contributed by atoms with Crippen LogP contribution in [0.1, 0.15) is 42.7 Å². The van der Waals surface area contributed by atoms with E-state index in [1.807, 2.05) is 32.0 Å². The molecule has 3 heterocycles. The minimum Gasteiger partial charge on any atom is -0.459 e. The molecule has 2 aromatic heterocycles. The van der Waals surface area contributed by atoms with Gasteiger partial charge in [0.2, 0.25) is 0 Å². The molecule has 1 fully saturated rings. The van der Waals surface area contributed by atoms with Crippen LogP contribution in [0.4, 0.5) is 0 Å². The molecule has 2 aromatic rings. The third-order valence-electron chi connectivity index (χ3n) is 4.51. The van der Waals surface area contributed by atoms with Gasteiger partial charge in [0.05, 0.1) is 11.9 Å². The van der Waals surface area contributed by atoms with Crippen molar-refractivity contribution < 1.29 is 14.3 Å². The molecular formula is C18H23N3O3. The minimum atomic E-state index is -0.312. The van der Waals surface area contributed by atoms with Crippen LogP contribution in [0.25, 0.3) is 5.82 Å². The first-order valence-corrected chi connectivity index (χ1v) is 8.47. The van der Waals surface area contributed by atoms with Gasteiger partial charge < -0.3 is 9.47 Å². The molecule has 0 N–H and O–H groups in total. The van der Waals surface area contributed by atoms with Crippen molar-refractivity contribution >= 4 is 5.97 Å². The van der Waals surface area contributed by atoms with Gasteiger partial charge in [-0.3, -0.25) is 0 Å². The van der Waals surface area contributed by atoms with E-state index in [1.54, 1.807) is 17.1 Å². The van der Waals surface area contributed by atoms with E-state index in [-0.39, 0.29) is 12.1 Å². The number of nitrogens with zero attached hydrogens (tertiary/aromatic N) is 3. The van der Waals surface area contributed by atoms with Gasteiger partial charge in [-0.2, -0.15) is 5.10 Å². The Balaban J connectivity index is 1.76. The fraction of sp³-hybridized carbons (Fsp3) is 0.500. The van der Waals surface area contributed by atoms with Gasteiger partial charge in [0, 0.05) is 25.3 Å². The molecule has 6 nitrogen and oxygen atoms in total. The van der Waals surface area contributed by atoms with Crippen molar-refractivity contribution in [1.82, 2.24) is 14.8 Å². The van der Waals surface area contributed by atoms with Crippen molar-refractivity contribution in [3.63, 3.8) is 0 Å². The average molecular weight is 329 g/mol. The predicted octanol–water partition coefficient (Wildman–Crippen LogP) is 2.80. The number of carbonyl (C=O) groups is 1. The largest absolute Gasteiger partial charge is 0.459 e. The molecule has 1 aliphatic heterocycles. The molecule has 1 saturated heterocycles. The third-order valence-corrected chi connectivity index (χ3v) is 4.51. The van der Waals surface area contributed by atoms with E-state index in [4.69, 9.17) is 9.47 Å². The number of hydrogen-bond donors (Lipinski definition) is 0. The minimum absolute atomic E-state index is 0.121. The van der Waals surface area contributed by atoms with Crippen molar-refractivity contribution in [3.8, 4) is 5.82 Å². The number of rotatable bonds is 5. The number of esters is 1. The van der Waals surface area contributed by atoms with Gasteiger partial charge in [0.1, 0.15) is 11.7 Å². The lowest BCUT2D eigenvalue weighted by Crippen LogP contribution is -2.29. The summed E-state index contributed by atoms with van der Waals surface area (Å²) in [5.41, 5.74) is 1.33. The lowest BCUT2D eigenvalue weighted by atomic mass is 9.95. The van der Waals surface area contributed by atoms with E-state index in [0.29, 0.717) is 23.7 Å². The van der Waals surface area contributed by atoms with Crippen LogP contribution < -0.4 is 0 Å². The monoisotopic (exact) mass is 329 g/mol. The molecule has 0 aliphatic carbocycles.